The third-order valence-electron chi connectivity index (χ3n) is 5.77. The summed E-state index contributed by atoms with van der Waals surface area (Å²) in [6, 6.07) is 10.6. The van der Waals surface area contributed by atoms with Gasteiger partial charge in [0.05, 0.1) is 16.9 Å². The van der Waals surface area contributed by atoms with Crippen LogP contribution in [-0.2, 0) is 6.18 Å². The molecule has 0 aliphatic carbocycles. The van der Waals surface area contributed by atoms with Crippen molar-refractivity contribution in [2.75, 3.05) is 10.6 Å². The van der Waals surface area contributed by atoms with Crippen LogP contribution in [0.25, 0.3) is 32.3 Å². The first-order valence-corrected chi connectivity index (χ1v) is 11.7. The number of amides is 2. The highest BCUT2D eigenvalue weighted by Gasteiger charge is 2.32. The topological polar surface area (TPSA) is 98.1 Å². The Morgan fingerprint density at radius 3 is 2.38 bits per heavy atom. The monoisotopic (exact) mass is 523 g/mol. The molecule has 186 valence electrons. The quantitative estimate of drug-likeness (QED) is 0.248. The number of nitrogens with two attached hydrogens (primary N) is 2. The molecular weight excluding hydrogens is 506 g/mol. The van der Waals surface area contributed by atoms with E-state index >= 15 is 0 Å². The maximum atomic E-state index is 14.5. The number of halogens is 4. The number of carbonyl (C=O) groups is 1. The van der Waals surface area contributed by atoms with Gasteiger partial charge < -0.3 is 11.5 Å². The number of thiophene rings is 1. The van der Waals surface area contributed by atoms with Crippen LogP contribution in [0, 0.1) is 5.82 Å². The van der Waals surface area contributed by atoms with Crippen molar-refractivity contribution in [2.45, 2.75) is 6.18 Å². The van der Waals surface area contributed by atoms with Gasteiger partial charge in [0.1, 0.15) is 11.6 Å². The first-order valence-electron chi connectivity index (χ1n) is 10.8. The fourth-order valence-electron chi connectivity index (χ4n) is 4.04. The summed E-state index contributed by atoms with van der Waals surface area (Å²) in [6.07, 6.45) is 0.365. The second kappa shape index (κ2) is 9.17. The lowest BCUT2D eigenvalue weighted by Crippen LogP contribution is -2.32. The van der Waals surface area contributed by atoms with Crippen LogP contribution >= 0.6 is 11.3 Å². The lowest BCUT2D eigenvalue weighted by atomic mass is 10.0. The smallest absolute Gasteiger partial charge is 0.383 e. The summed E-state index contributed by atoms with van der Waals surface area (Å²) in [4.78, 5) is 21.4. The van der Waals surface area contributed by atoms with Gasteiger partial charge >= 0.3 is 12.2 Å². The highest BCUT2D eigenvalue weighted by Crippen LogP contribution is 2.42. The summed E-state index contributed by atoms with van der Waals surface area (Å²) in [5.41, 5.74) is 13.3. The molecule has 5 rings (SSSR count). The molecule has 6 nitrogen and oxygen atoms in total. The maximum absolute atomic E-state index is 14.5. The molecule has 0 radical (unpaired) electrons. The van der Waals surface area contributed by atoms with Crippen LogP contribution in [-0.4, -0.2) is 16.0 Å². The lowest BCUT2D eigenvalue weighted by molar-refractivity contribution is -0.137. The number of fused-ring (bicyclic) bond motifs is 1. The molecule has 0 aliphatic heterocycles. The minimum Gasteiger partial charge on any atom is -0.383 e. The predicted octanol–water partition coefficient (Wildman–Crippen LogP) is 6.98. The van der Waals surface area contributed by atoms with E-state index in [1.807, 2.05) is 17.5 Å². The number of aromatic nitrogens is 2. The largest absolute Gasteiger partial charge is 0.416 e. The van der Waals surface area contributed by atoms with Crippen molar-refractivity contribution in [2.24, 2.45) is 5.73 Å². The van der Waals surface area contributed by atoms with E-state index in [2.05, 4.69) is 9.97 Å². The van der Waals surface area contributed by atoms with Crippen LogP contribution in [0.2, 0.25) is 0 Å². The number of nitrogen functional groups attached to an aromatic ring is 1. The van der Waals surface area contributed by atoms with Gasteiger partial charge in [-0.15, -0.1) is 11.3 Å². The van der Waals surface area contributed by atoms with Gasteiger partial charge in [-0.3, -0.25) is 9.88 Å². The van der Waals surface area contributed by atoms with Crippen LogP contribution in [0.5, 0.6) is 0 Å². The molecule has 0 aliphatic rings. The molecule has 0 saturated carbocycles. The Hall–Kier alpha value is -4.51. The number of benzene rings is 2. The zero-order valence-electron chi connectivity index (χ0n) is 18.8. The Kier molecular flexibility index (Phi) is 6.00. The van der Waals surface area contributed by atoms with E-state index in [9.17, 15) is 22.4 Å². The van der Waals surface area contributed by atoms with Crippen LogP contribution in [0.1, 0.15) is 5.56 Å². The molecule has 0 bridgehead atoms. The van der Waals surface area contributed by atoms with Crippen molar-refractivity contribution in [1.82, 2.24) is 9.97 Å². The Bertz CT molecular complexity index is 1620. The van der Waals surface area contributed by atoms with E-state index in [0.717, 1.165) is 26.8 Å². The molecule has 11 heteroatoms. The van der Waals surface area contributed by atoms with E-state index in [4.69, 9.17) is 11.5 Å². The summed E-state index contributed by atoms with van der Waals surface area (Å²) >= 11 is 1.47. The molecule has 37 heavy (non-hydrogen) atoms. The van der Waals surface area contributed by atoms with Crippen LogP contribution in [0.3, 0.4) is 0 Å². The molecular formula is C26H17F4N5OS. The number of pyridine rings is 2. The van der Waals surface area contributed by atoms with E-state index in [-0.39, 0.29) is 5.69 Å². The predicted molar refractivity (Wildman–Crippen MR) is 136 cm³/mol. The fourth-order valence-corrected chi connectivity index (χ4v) is 5.16. The van der Waals surface area contributed by atoms with E-state index < -0.39 is 29.3 Å². The lowest BCUT2D eigenvalue weighted by Gasteiger charge is -2.22. The van der Waals surface area contributed by atoms with Crippen molar-refractivity contribution in [3.63, 3.8) is 0 Å². The highest BCUT2D eigenvalue weighted by molar-refractivity contribution is 7.18. The molecule has 0 atom stereocenters. The standard InChI is InChI=1S/C26H17F4N5OS/c27-20-8-5-16(26(28,29)30)10-21(20)35(25(32)36)17-6-3-14(4-7-17)19-13-37-23-18(12-34-24(31)22(19)23)15-2-1-9-33-11-15/h1-13H,(H2,31,34)(H2,32,36). The molecule has 3 heterocycles. The van der Waals surface area contributed by atoms with Gasteiger partial charge in [0.15, 0.2) is 0 Å². The molecule has 0 spiro atoms. The van der Waals surface area contributed by atoms with Gasteiger partial charge in [0.2, 0.25) is 0 Å². The van der Waals surface area contributed by atoms with Crippen LogP contribution in [0.15, 0.2) is 78.6 Å². The zero-order chi connectivity index (χ0) is 26.3. The molecule has 4 N–H and O–H groups in total. The van der Waals surface area contributed by atoms with Crippen LogP contribution in [0.4, 0.5) is 39.5 Å². The van der Waals surface area contributed by atoms with Crippen molar-refractivity contribution in [1.29, 1.82) is 0 Å². The van der Waals surface area contributed by atoms with Crippen molar-refractivity contribution in [3.8, 4) is 22.3 Å². The van der Waals surface area contributed by atoms with Crippen molar-refractivity contribution >= 4 is 44.6 Å². The van der Waals surface area contributed by atoms with Gasteiger partial charge in [0.25, 0.3) is 0 Å². The Morgan fingerprint density at radius 2 is 1.73 bits per heavy atom. The number of hydrogen-bond donors (Lipinski definition) is 2. The minimum absolute atomic E-state index is 0.0937. The molecule has 2 amide bonds. The number of nitrogens with zero attached hydrogens (tertiary/aromatic N) is 3. The Morgan fingerprint density at radius 1 is 0.973 bits per heavy atom. The van der Waals surface area contributed by atoms with Crippen LogP contribution < -0.4 is 16.4 Å². The SMILES string of the molecule is NC(=O)N(c1ccc(-c2csc3c(-c4cccnc4)cnc(N)c23)cc1)c1cc(C(F)(F)F)ccc1F. The number of primary amides is 1. The number of hydrogen-bond acceptors (Lipinski definition) is 5. The molecule has 5 aromatic rings. The first-order chi connectivity index (χ1) is 17.6. The summed E-state index contributed by atoms with van der Waals surface area (Å²) in [7, 11) is 0. The van der Waals surface area contributed by atoms with Gasteiger partial charge in [-0.25, -0.2) is 14.2 Å². The Labute approximate surface area is 211 Å². The van der Waals surface area contributed by atoms with E-state index in [1.54, 1.807) is 30.7 Å². The second-order valence-corrected chi connectivity index (χ2v) is 8.92. The number of carbonyl (C=O) groups excluding carboxylic acids is 1. The normalized spacial score (nSPS) is 11.6. The molecule has 0 fully saturated rings. The average Bonchev–Trinajstić information content (AvgIpc) is 3.32. The molecule has 0 saturated heterocycles. The highest BCUT2D eigenvalue weighted by atomic mass is 32.1. The third kappa shape index (κ3) is 4.45. The number of rotatable bonds is 4. The van der Waals surface area contributed by atoms with E-state index in [1.165, 1.54) is 23.5 Å². The summed E-state index contributed by atoms with van der Waals surface area (Å²) < 4.78 is 55.0. The molecule has 3 aromatic heterocycles. The van der Waals surface area contributed by atoms with Crippen molar-refractivity contribution < 1.29 is 22.4 Å². The second-order valence-electron chi connectivity index (χ2n) is 8.04. The summed E-state index contributed by atoms with van der Waals surface area (Å²) in [5.74, 6) is -0.700. The average molecular weight is 524 g/mol. The first kappa shape index (κ1) is 24.2. The number of anilines is 3. The summed E-state index contributed by atoms with van der Waals surface area (Å²) in [5, 5.41) is 2.64. The fraction of sp³-hybridized carbons (Fsp3) is 0.0385. The zero-order valence-corrected chi connectivity index (χ0v) is 19.6. The van der Waals surface area contributed by atoms with Gasteiger partial charge in [-0.05, 0) is 47.3 Å². The third-order valence-corrected chi connectivity index (χ3v) is 6.78. The number of alkyl halides is 3. The summed E-state index contributed by atoms with van der Waals surface area (Å²) in [6.45, 7) is 0. The number of urea groups is 1. The minimum atomic E-state index is -4.72. The maximum Gasteiger partial charge on any atom is 0.416 e. The van der Waals surface area contributed by atoms with Gasteiger partial charge in [-0.2, -0.15) is 13.2 Å². The van der Waals surface area contributed by atoms with Gasteiger partial charge in [0, 0.05) is 45.4 Å². The Balaban J connectivity index is 1.57. The van der Waals surface area contributed by atoms with Gasteiger partial charge in [-0.1, -0.05) is 18.2 Å². The molecule has 0 unspecified atom stereocenters. The molecule has 2 aromatic carbocycles. The van der Waals surface area contributed by atoms with Crippen molar-refractivity contribution in [3.05, 3.63) is 89.9 Å². The van der Waals surface area contributed by atoms with E-state index in [0.29, 0.717) is 34.5 Å².